The molecule has 1 saturated carbocycles. The number of nitrogens with one attached hydrogen (secondary N) is 2. The zero-order valence-electron chi connectivity index (χ0n) is 12.1. The highest BCUT2D eigenvalue weighted by atomic mass is 16.2. The van der Waals surface area contributed by atoms with E-state index in [1.165, 1.54) is 0 Å². The smallest absolute Gasteiger partial charge is 0.322 e. The van der Waals surface area contributed by atoms with Crippen molar-refractivity contribution in [3.05, 3.63) is 12.2 Å². The summed E-state index contributed by atoms with van der Waals surface area (Å²) in [5.41, 5.74) is 1.74. The molecule has 0 radical (unpaired) electrons. The number of rotatable bonds is 2. The number of imide groups is 1. The minimum absolute atomic E-state index is 0.154. The molecule has 0 aromatic rings. The molecule has 3 rings (SSSR count). The van der Waals surface area contributed by atoms with Crippen molar-refractivity contribution in [3.63, 3.8) is 0 Å². The summed E-state index contributed by atoms with van der Waals surface area (Å²) in [6.07, 6.45) is 10.6. The zero-order chi connectivity index (χ0) is 14.9. The second kappa shape index (κ2) is 5.50. The summed E-state index contributed by atoms with van der Waals surface area (Å²) in [5, 5.41) is 3.68. The van der Waals surface area contributed by atoms with Crippen LogP contribution in [0.15, 0.2) is 12.2 Å². The van der Waals surface area contributed by atoms with Crippen LogP contribution in [0.4, 0.5) is 4.79 Å². The van der Waals surface area contributed by atoms with Gasteiger partial charge in [-0.2, -0.15) is 5.01 Å². The number of allylic oxidation sites excluding steroid dienone is 2. The van der Waals surface area contributed by atoms with Gasteiger partial charge in [0, 0.05) is 5.92 Å². The van der Waals surface area contributed by atoms with Gasteiger partial charge in [0.2, 0.25) is 5.91 Å². The maximum atomic E-state index is 12.5. The molecular formula is C15H21N3O3. The van der Waals surface area contributed by atoms with Gasteiger partial charge in [0.1, 0.15) is 5.54 Å². The first-order chi connectivity index (χ1) is 10.1. The van der Waals surface area contributed by atoms with Gasteiger partial charge in [-0.1, -0.05) is 31.4 Å². The van der Waals surface area contributed by atoms with Gasteiger partial charge in [-0.25, -0.2) is 4.79 Å². The quantitative estimate of drug-likeness (QED) is 0.599. The van der Waals surface area contributed by atoms with Crippen molar-refractivity contribution < 1.29 is 14.4 Å². The van der Waals surface area contributed by atoms with E-state index >= 15 is 0 Å². The monoisotopic (exact) mass is 291 g/mol. The SMILES string of the molecule is O=C(NN1C(=O)NC2(CCCCC2)C1=O)[C@@H]1CC=CCC1. The Morgan fingerprint density at radius 1 is 1.24 bits per heavy atom. The molecule has 6 heteroatoms. The average Bonchev–Trinajstić information content (AvgIpc) is 2.73. The highest BCUT2D eigenvalue weighted by Crippen LogP contribution is 2.33. The lowest BCUT2D eigenvalue weighted by Crippen LogP contribution is -2.52. The van der Waals surface area contributed by atoms with E-state index in [9.17, 15) is 14.4 Å². The van der Waals surface area contributed by atoms with Crippen molar-refractivity contribution in [2.24, 2.45) is 5.92 Å². The van der Waals surface area contributed by atoms with E-state index in [0.29, 0.717) is 19.3 Å². The molecule has 1 atom stereocenters. The van der Waals surface area contributed by atoms with Gasteiger partial charge < -0.3 is 5.32 Å². The molecule has 0 bridgehead atoms. The Morgan fingerprint density at radius 3 is 2.67 bits per heavy atom. The molecule has 1 aliphatic heterocycles. The molecule has 0 aromatic carbocycles. The summed E-state index contributed by atoms with van der Waals surface area (Å²) in [5.74, 6) is -0.693. The van der Waals surface area contributed by atoms with Gasteiger partial charge in [-0.3, -0.25) is 15.0 Å². The Balaban J connectivity index is 1.68. The maximum Gasteiger partial charge on any atom is 0.344 e. The number of carbonyl (C=O) groups excluding carboxylic acids is 3. The molecule has 2 aliphatic carbocycles. The molecule has 4 amide bonds. The van der Waals surface area contributed by atoms with Crippen LogP contribution < -0.4 is 10.7 Å². The van der Waals surface area contributed by atoms with E-state index in [2.05, 4.69) is 16.8 Å². The van der Waals surface area contributed by atoms with E-state index in [1.807, 2.05) is 6.08 Å². The molecule has 1 spiro atoms. The fourth-order valence-corrected chi connectivity index (χ4v) is 3.45. The maximum absolute atomic E-state index is 12.5. The molecule has 1 heterocycles. The van der Waals surface area contributed by atoms with Crippen molar-refractivity contribution >= 4 is 17.8 Å². The minimum atomic E-state index is -0.783. The first-order valence-corrected chi connectivity index (χ1v) is 7.75. The molecule has 114 valence electrons. The number of amides is 4. The Labute approximate surface area is 123 Å². The number of nitrogens with zero attached hydrogens (tertiary/aromatic N) is 1. The van der Waals surface area contributed by atoms with Gasteiger partial charge in [-0.05, 0) is 32.1 Å². The predicted octanol–water partition coefficient (Wildman–Crippen LogP) is 1.63. The highest BCUT2D eigenvalue weighted by molar-refractivity contribution is 6.08. The van der Waals surface area contributed by atoms with Crippen molar-refractivity contribution in [2.75, 3.05) is 0 Å². The number of urea groups is 1. The topological polar surface area (TPSA) is 78.5 Å². The Morgan fingerprint density at radius 2 is 2.00 bits per heavy atom. The standard InChI is InChI=1S/C15H21N3O3/c19-12(11-7-3-1-4-8-11)17-18-13(20)15(16-14(18)21)9-5-2-6-10-15/h1,3,11H,2,4-10H2,(H,16,21)(H,17,19)/t11-/m1/s1. The van der Waals surface area contributed by atoms with Crippen LogP contribution in [0.3, 0.4) is 0 Å². The largest absolute Gasteiger partial charge is 0.344 e. The molecule has 1 saturated heterocycles. The summed E-state index contributed by atoms with van der Waals surface area (Å²) < 4.78 is 0. The van der Waals surface area contributed by atoms with Crippen LogP contribution in [0.1, 0.15) is 51.4 Å². The van der Waals surface area contributed by atoms with Gasteiger partial charge in [-0.15, -0.1) is 0 Å². The second-order valence-corrected chi connectivity index (χ2v) is 6.17. The van der Waals surface area contributed by atoms with E-state index in [0.717, 1.165) is 37.1 Å². The Kier molecular flexibility index (Phi) is 3.69. The molecule has 0 unspecified atom stereocenters. The summed E-state index contributed by atoms with van der Waals surface area (Å²) in [6, 6.07) is -0.499. The normalized spacial score (nSPS) is 27.8. The van der Waals surface area contributed by atoms with Gasteiger partial charge in [0.05, 0.1) is 0 Å². The van der Waals surface area contributed by atoms with Crippen LogP contribution in [-0.2, 0) is 9.59 Å². The Hall–Kier alpha value is -1.85. The molecule has 6 nitrogen and oxygen atoms in total. The van der Waals surface area contributed by atoms with Crippen LogP contribution in [0.5, 0.6) is 0 Å². The third-order valence-electron chi connectivity index (χ3n) is 4.73. The summed E-state index contributed by atoms with van der Waals surface area (Å²) in [6.45, 7) is 0. The van der Waals surface area contributed by atoms with Gasteiger partial charge in [0.15, 0.2) is 0 Å². The molecule has 3 aliphatic rings. The molecule has 2 N–H and O–H groups in total. The van der Waals surface area contributed by atoms with E-state index < -0.39 is 11.6 Å². The lowest BCUT2D eigenvalue weighted by molar-refractivity contribution is -0.141. The number of hydrogen-bond acceptors (Lipinski definition) is 3. The third-order valence-corrected chi connectivity index (χ3v) is 4.73. The number of hydrogen-bond donors (Lipinski definition) is 2. The second-order valence-electron chi connectivity index (χ2n) is 6.17. The lowest BCUT2D eigenvalue weighted by atomic mass is 9.82. The van der Waals surface area contributed by atoms with Gasteiger partial charge >= 0.3 is 6.03 Å². The lowest BCUT2D eigenvalue weighted by Gasteiger charge is -2.30. The molecule has 2 fully saturated rings. The zero-order valence-corrected chi connectivity index (χ0v) is 12.1. The third kappa shape index (κ3) is 2.54. The van der Waals surface area contributed by atoms with Crippen LogP contribution in [-0.4, -0.2) is 28.4 Å². The average molecular weight is 291 g/mol. The summed E-state index contributed by atoms with van der Waals surface area (Å²) in [7, 11) is 0. The van der Waals surface area contributed by atoms with Gasteiger partial charge in [0.25, 0.3) is 5.91 Å². The van der Waals surface area contributed by atoms with Crippen molar-refractivity contribution in [3.8, 4) is 0 Å². The highest BCUT2D eigenvalue weighted by Gasteiger charge is 2.52. The number of hydrazine groups is 1. The molecule has 0 aromatic heterocycles. The van der Waals surface area contributed by atoms with E-state index in [-0.39, 0.29) is 17.7 Å². The Bertz CT molecular complexity index is 494. The van der Waals surface area contributed by atoms with E-state index in [4.69, 9.17) is 0 Å². The van der Waals surface area contributed by atoms with E-state index in [1.54, 1.807) is 0 Å². The summed E-state index contributed by atoms with van der Waals surface area (Å²) in [4.78, 5) is 36.8. The fourth-order valence-electron chi connectivity index (χ4n) is 3.45. The van der Waals surface area contributed by atoms with Crippen molar-refractivity contribution in [1.29, 1.82) is 0 Å². The summed E-state index contributed by atoms with van der Waals surface area (Å²) >= 11 is 0. The minimum Gasteiger partial charge on any atom is -0.322 e. The van der Waals surface area contributed by atoms with Crippen LogP contribution in [0.2, 0.25) is 0 Å². The molecular weight excluding hydrogens is 270 g/mol. The number of carbonyl (C=O) groups is 3. The molecule has 21 heavy (non-hydrogen) atoms. The van der Waals surface area contributed by atoms with Crippen molar-refractivity contribution in [2.45, 2.75) is 56.9 Å². The fraction of sp³-hybridized carbons (Fsp3) is 0.667. The van der Waals surface area contributed by atoms with Crippen LogP contribution >= 0.6 is 0 Å². The first kappa shape index (κ1) is 14.1. The van der Waals surface area contributed by atoms with Crippen molar-refractivity contribution in [1.82, 2.24) is 15.8 Å². The first-order valence-electron chi connectivity index (χ1n) is 7.75. The predicted molar refractivity (Wildman–Crippen MR) is 75.8 cm³/mol. The van der Waals surface area contributed by atoms with Crippen LogP contribution in [0.25, 0.3) is 0 Å². The van der Waals surface area contributed by atoms with Crippen LogP contribution in [0, 0.1) is 5.92 Å².